The van der Waals surface area contributed by atoms with Crippen molar-refractivity contribution in [3.8, 4) is 11.4 Å². The molecule has 106 valence electrons. The minimum absolute atomic E-state index is 0.985. The molecule has 1 aliphatic rings. The number of rotatable bonds is 1. The third-order valence-corrected chi connectivity index (χ3v) is 4.27. The zero-order valence-electron chi connectivity index (χ0n) is 12.5. The van der Waals surface area contributed by atoms with Crippen LogP contribution < -0.4 is 5.32 Å². The summed E-state index contributed by atoms with van der Waals surface area (Å²) in [4.78, 5) is 8.35. The van der Waals surface area contributed by atoms with Crippen molar-refractivity contribution >= 4 is 16.7 Å². The van der Waals surface area contributed by atoms with Gasteiger partial charge in [0.25, 0.3) is 0 Å². The Morgan fingerprint density at radius 2 is 2.05 bits per heavy atom. The van der Waals surface area contributed by atoms with Crippen LogP contribution in [0.15, 0.2) is 30.3 Å². The fourth-order valence-corrected chi connectivity index (χ4v) is 3.33. The molecular weight excluding hydrogens is 258 g/mol. The molecule has 0 fully saturated rings. The number of hydrogen-bond acceptors (Lipinski definition) is 2. The number of fused-ring (bicyclic) bond motifs is 2. The van der Waals surface area contributed by atoms with E-state index in [4.69, 9.17) is 4.98 Å². The molecule has 21 heavy (non-hydrogen) atoms. The van der Waals surface area contributed by atoms with Gasteiger partial charge in [0.2, 0.25) is 0 Å². The van der Waals surface area contributed by atoms with Crippen molar-refractivity contribution in [1.82, 2.24) is 9.97 Å². The van der Waals surface area contributed by atoms with Gasteiger partial charge >= 0.3 is 0 Å². The maximum absolute atomic E-state index is 4.85. The van der Waals surface area contributed by atoms with E-state index < -0.39 is 0 Å². The molecule has 2 N–H and O–H groups in total. The lowest BCUT2D eigenvalue weighted by Crippen LogP contribution is -2.12. The molecule has 0 bridgehead atoms. The molecule has 0 amide bonds. The predicted molar refractivity (Wildman–Crippen MR) is 87.8 cm³/mol. The van der Waals surface area contributed by atoms with Gasteiger partial charge in [-0.05, 0) is 55.5 Å². The quantitative estimate of drug-likeness (QED) is 0.699. The Kier molecular flexibility index (Phi) is 2.74. The van der Waals surface area contributed by atoms with Crippen molar-refractivity contribution in [2.45, 2.75) is 26.7 Å². The molecule has 4 rings (SSSR count). The monoisotopic (exact) mass is 277 g/mol. The van der Waals surface area contributed by atoms with Crippen molar-refractivity contribution < 1.29 is 0 Å². The van der Waals surface area contributed by atoms with Gasteiger partial charge in [-0.1, -0.05) is 18.2 Å². The lowest BCUT2D eigenvalue weighted by atomic mass is 9.97. The first kappa shape index (κ1) is 12.5. The van der Waals surface area contributed by atoms with Crippen LogP contribution in [0, 0.1) is 13.8 Å². The summed E-state index contributed by atoms with van der Waals surface area (Å²) in [5, 5.41) is 3.49. The van der Waals surface area contributed by atoms with Crippen LogP contribution in [0.2, 0.25) is 0 Å². The summed E-state index contributed by atoms with van der Waals surface area (Å²) in [6.07, 6.45) is 2.30. The number of aromatic nitrogens is 2. The standard InChI is InChI=1S/C18H19N3/c1-11-9-12(2)17-16(10-11)20-18(21-17)14-5-3-7-15-13(14)6-4-8-19-15/h3,5,7,9-10,19H,4,6,8H2,1-2H3,(H,20,21). The van der Waals surface area contributed by atoms with Crippen LogP contribution in [0.25, 0.3) is 22.4 Å². The molecule has 2 aromatic carbocycles. The van der Waals surface area contributed by atoms with Crippen LogP contribution in [0.3, 0.4) is 0 Å². The van der Waals surface area contributed by atoms with Gasteiger partial charge in [-0.2, -0.15) is 0 Å². The summed E-state index contributed by atoms with van der Waals surface area (Å²) < 4.78 is 0. The molecule has 3 aromatic rings. The molecule has 3 heteroatoms. The molecule has 3 nitrogen and oxygen atoms in total. The maximum atomic E-state index is 4.85. The van der Waals surface area contributed by atoms with E-state index in [2.05, 4.69) is 54.5 Å². The van der Waals surface area contributed by atoms with Crippen LogP contribution in [-0.2, 0) is 6.42 Å². The Bertz CT molecular complexity index is 830. The Balaban J connectivity index is 1.93. The molecule has 1 aliphatic heterocycles. The van der Waals surface area contributed by atoms with Crippen molar-refractivity contribution in [3.63, 3.8) is 0 Å². The van der Waals surface area contributed by atoms with E-state index >= 15 is 0 Å². The Hall–Kier alpha value is -2.29. The Morgan fingerprint density at radius 3 is 2.95 bits per heavy atom. The number of aryl methyl sites for hydroxylation is 2. The second-order valence-electron chi connectivity index (χ2n) is 5.93. The van der Waals surface area contributed by atoms with Crippen molar-refractivity contribution in [2.24, 2.45) is 0 Å². The average Bonchev–Trinajstić information content (AvgIpc) is 2.90. The average molecular weight is 277 g/mol. The van der Waals surface area contributed by atoms with Crippen LogP contribution in [-0.4, -0.2) is 16.5 Å². The highest BCUT2D eigenvalue weighted by Gasteiger charge is 2.16. The third kappa shape index (κ3) is 2.00. The number of H-pyrrole nitrogens is 1. The van der Waals surface area contributed by atoms with E-state index in [9.17, 15) is 0 Å². The number of benzene rings is 2. The van der Waals surface area contributed by atoms with E-state index in [1.807, 2.05) is 0 Å². The summed E-state index contributed by atoms with van der Waals surface area (Å²) in [7, 11) is 0. The highest BCUT2D eigenvalue weighted by atomic mass is 14.9. The largest absolute Gasteiger partial charge is 0.385 e. The van der Waals surface area contributed by atoms with Crippen molar-refractivity contribution in [2.75, 3.05) is 11.9 Å². The van der Waals surface area contributed by atoms with Gasteiger partial charge in [-0.25, -0.2) is 4.98 Å². The SMILES string of the molecule is Cc1cc(C)c2nc(-c3cccc4c3CCCN4)[nH]c2c1. The molecule has 0 aliphatic carbocycles. The van der Waals surface area contributed by atoms with Gasteiger partial charge in [0, 0.05) is 17.8 Å². The normalized spacial score (nSPS) is 14.0. The molecule has 0 atom stereocenters. The van der Waals surface area contributed by atoms with Crippen LogP contribution in [0.4, 0.5) is 5.69 Å². The van der Waals surface area contributed by atoms with E-state index in [0.717, 1.165) is 29.8 Å². The first-order valence-corrected chi connectivity index (χ1v) is 7.55. The fourth-order valence-electron chi connectivity index (χ4n) is 3.33. The minimum atomic E-state index is 0.985. The van der Waals surface area contributed by atoms with Crippen molar-refractivity contribution in [1.29, 1.82) is 0 Å². The van der Waals surface area contributed by atoms with Gasteiger partial charge in [0.15, 0.2) is 0 Å². The molecule has 2 heterocycles. The van der Waals surface area contributed by atoms with Crippen LogP contribution >= 0.6 is 0 Å². The number of nitrogens with one attached hydrogen (secondary N) is 2. The molecule has 0 saturated heterocycles. The van der Waals surface area contributed by atoms with Gasteiger partial charge < -0.3 is 10.3 Å². The maximum Gasteiger partial charge on any atom is 0.138 e. The zero-order chi connectivity index (χ0) is 14.4. The lowest BCUT2D eigenvalue weighted by molar-refractivity contribution is 0.831. The molecular formula is C18H19N3. The molecule has 1 aromatic heterocycles. The minimum Gasteiger partial charge on any atom is -0.385 e. The summed E-state index contributed by atoms with van der Waals surface area (Å²) >= 11 is 0. The summed E-state index contributed by atoms with van der Waals surface area (Å²) in [5.41, 5.74) is 8.58. The predicted octanol–water partition coefficient (Wildman–Crippen LogP) is 4.20. The highest BCUT2D eigenvalue weighted by molar-refractivity contribution is 5.84. The van der Waals surface area contributed by atoms with E-state index in [1.54, 1.807) is 0 Å². The molecule has 0 saturated carbocycles. The number of anilines is 1. The highest BCUT2D eigenvalue weighted by Crippen LogP contribution is 2.32. The van der Waals surface area contributed by atoms with E-state index in [1.165, 1.54) is 34.4 Å². The first-order chi connectivity index (χ1) is 10.2. The van der Waals surface area contributed by atoms with Gasteiger partial charge in [0.1, 0.15) is 5.82 Å². The van der Waals surface area contributed by atoms with E-state index in [0.29, 0.717) is 0 Å². The van der Waals surface area contributed by atoms with Gasteiger partial charge in [-0.15, -0.1) is 0 Å². The second-order valence-corrected chi connectivity index (χ2v) is 5.93. The molecule has 0 unspecified atom stereocenters. The smallest absolute Gasteiger partial charge is 0.138 e. The van der Waals surface area contributed by atoms with E-state index in [-0.39, 0.29) is 0 Å². The topological polar surface area (TPSA) is 40.7 Å². The third-order valence-electron chi connectivity index (χ3n) is 4.27. The lowest BCUT2D eigenvalue weighted by Gasteiger charge is -2.20. The Morgan fingerprint density at radius 1 is 1.14 bits per heavy atom. The first-order valence-electron chi connectivity index (χ1n) is 7.55. The van der Waals surface area contributed by atoms with Crippen LogP contribution in [0.5, 0.6) is 0 Å². The molecule has 0 spiro atoms. The summed E-state index contributed by atoms with van der Waals surface area (Å²) in [5.74, 6) is 0.985. The number of aromatic amines is 1. The number of hydrogen-bond donors (Lipinski definition) is 2. The summed E-state index contributed by atoms with van der Waals surface area (Å²) in [6.45, 7) is 5.32. The van der Waals surface area contributed by atoms with Crippen LogP contribution in [0.1, 0.15) is 23.1 Å². The van der Waals surface area contributed by atoms with Gasteiger partial charge in [-0.3, -0.25) is 0 Å². The number of nitrogens with zero attached hydrogens (tertiary/aromatic N) is 1. The van der Waals surface area contributed by atoms with Gasteiger partial charge in [0.05, 0.1) is 11.0 Å². The molecule has 0 radical (unpaired) electrons. The Labute approximate surface area is 124 Å². The zero-order valence-corrected chi connectivity index (χ0v) is 12.5. The fraction of sp³-hybridized carbons (Fsp3) is 0.278. The second kappa shape index (κ2) is 4.62. The summed E-state index contributed by atoms with van der Waals surface area (Å²) in [6, 6.07) is 10.8. The number of imidazole rings is 1. The van der Waals surface area contributed by atoms with Crippen molar-refractivity contribution in [3.05, 3.63) is 47.0 Å².